The van der Waals surface area contributed by atoms with Crippen molar-refractivity contribution in [2.45, 2.75) is 26.7 Å². The van der Waals surface area contributed by atoms with Gasteiger partial charge < -0.3 is 15.4 Å². The predicted octanol–water partition coefficient (Wildman–Crippen LogP) is 3.33. The molecule has 0 radical (unpaired) electrons. The first-order chi connectivity index (χ1) is 13.5. The highest BCUT2D eigenvalue weighted by molar-refractivity contribution is 5.95. The van der Waals surface area contributed by atoms with Crippen molar-refractivity contribution in [2.24, 2.45) is 0 Å². The summed E-state index contributed by atoms with van der Waals surface area (Å²) in [4.78, 5) is 26.4. The molecule has 2 aromatic carbocycles. The average Bonchev–Trinajstić information content (AvgIpc) is 2.67. The van der Waals surface area contributed by atoms with Crippen LogP contribution in [0.15, 0.2) is 42.5 Å². The molecule has 0 aliphatic rings. The number of carbonyl (C=O) groups excluding carboxylic acids is 2. The number of ether oxygens (including phenoxy) is 1. The molecule has 6 heteroatoms. The first-order valence-electron chi connectivity index (χ1n) is 9.49. The fraction of sp³-hybridized carbons (Fsp3) is 0.364. The third-order valence-electron chi connectivity index (χ3n) is 4.44. The maximum absolute atomic E-state index is 12.5. The summed E-state index contributed by atoms with van der Waals surface area (Å²) in [6.07, 6.45) is 1.70. The Labute approximate surface area is 166 Å². The van der Waals surface area contributed by atoms with Gasteiger partial charge >= 0.3 is 0 Å². The van der Waals surface area contributed by atoms with E-state index in [9.17, 15) is 9.59 Å². The van der Waals surface area contributed by atoms with Gasteiger partial charge in [0.1, 0.15) is 5.75 Å². The highest BCUT2D eigenvalue weighted by Gasteiger charge is 2.14. The molecule has 0 saturated carbocycles. The van der Waals surface area contributed by atoms with Crippen LogP contribution in [0.1, 0.15) is 25.0 Å². The second kappa shape index (κ2) is 10.5. The number of hydrogen-bond donors (Lipinski definition) is 2. The maximum atomic E-state index is 12.5. The lowest BCUT2D eigenvalue weighted by molar-refractivity contribution is -0.119. The summed E-state index contributed by atoms with van der Waals surface area (Å²) in [6, 6.07) is 13.2. The Hall–Kier alpha value is -2.86. The molecule has 0 saturated heterocycles. The van der Waals surface area contributed by atoms with Crippen molar-refractivity contribution in [3.8, 4) is 5.75 Å². The van der Waals surface area contributed by atoms with Gasteiger partial charge in [0.05, 0.1) is 20.2 Å². The molecule has 0 aromatic heterocycles. The molecule has 6 nitrogen and oxygen atoms in total. The molecule has 2 rings (SSSR count). The zero-order chi connectivity index (χ0) is 20.5. The van der Waals surface area contributed by atoms with Gasteiger partial charge in [-0.15, -0.1) is 0 Å². The Morgan fingerprint density at radius 3 is 2.07 bits per heavy atom. The van der Waals surface area contributed by atoms with Crippen LogP contribution in [0.2, 0.25) is 0 Å². The Morgan fingerprint density at radius 1 is 0.929 bits per heavy atom. The fourth-order valence-corrected chi connectivity index (χ4v) is 3.03. The van der Waals surface area contributed by atoms with Crippen LogP contribution >= 0.6 is 0 Å². The molecule has 2 amide bonds. The fourth-order valence-electron chi connectivity index (χ4n) is 3.03. The van der Waals surface area contributed by atoms with E-state index in [1.807, 2.05) is 30.3 Å². The Balaban J connectivity index is 1.91. The van der Waals surface area contributed by atoms with Gasteiger partial charge in [0.2, 0.25) is 11.8 Å². The molecule has 150 valence electrons. The van der Waals surface area contributed by atoms with Crippen molar-refractivity contribution in [3.05, 3.63) is 53.6 Å². The van der Waals surface area contributed by atoms with Crippen molar-refractivity contribution in [1.82, 2.24) is 4.90 Å². The van der Waals surface area contributed by atoms with Crippen LogP contribution in [-0.4, -0.2) is 44.0 Å². The van der Waals surface area contributed by atoms with Gasteiger partial charge in [-0.2, -0.15) is 0 Å². The van der Waals surface area contributed by atoms with Crippen LogP contribution in [0.3, 0.4) is 0 Å². The lowest BCUT2D eigenvalue weighted by Gasteiger charge is -2.18. The van der Waals surface area contributed by atoms with Gasteiger partial charge in [0.25, 0.3) is 0 Å². The number of methoxy groups -OCH3 is 1. The summed E-state index contributed by atoms with van der Waals surface area (Å²) >= 11 is 0. The summed E-state index contributed by atoms with van der Waals surface area (Å²) in [5.74, 6) is 0.353. The SMILES string of the molecule is CCc1cccc(CC)c1NC(=O)CN(C)CC(=O)Nc1cccc(OC)c1. The van der Waals surface area contributed by atoms with Crippen LogP contribution in [0.4, 0.5) is 11.4 Å². The van der Waals surface area contributed by atoms with Crippen molar-refractivity contribution < 1.29 is 14.3 Å². The van der Waals surface area contributed by atoms with E-state index < -0.39 is 0 Å². The standard InChI is InChI=1S/C22H29N3O3/c1-5-16-9-7-10-17(6-2)22(16)24-21(27)15-25(3)14-20(26)23-18-11-8-12-19(13-18)28-4/h7-13H,5-6,14-15H2,1-4H3,(H,23,26)(H,24,27). The summed E-state index contributed by atoms with van der Waals surface area (Å²) < 4.78 is 5.15. The number of benzene rings is 2. The highest BCUT2D eigenvalue weighted by Crippen LogP contribution is 2.22. The summed E-state index contributed by atoms with van der Waals surface area (Å²) in [5, 5.41) is 5.84. The van der Waals surface area contributed by atoms with E-state index in [0.29, 0.717) is 11.4 Å². The second-order valence-electron chi connectivity index (χ2n) is 6.66. The van der Waals surface area contributed by atoms with Gasteiger partial charge in [-0.1, -0.05) is 38.1 Å². The van der Waals surface area contributed by atoms with E-state index >= 15 is 0 Å². The third kappa shape index (κ3) is 6.09. The molecule has 0 spiro atoms. The van der Waals surface area contributed by atoms with Crippen LogP contribution in [0.25, 0.3) is 0 Å². The number of rotatable bonds is 9. The topological polar surface area (TPSA) is 70.7 Å². The molecular formula is C22H29N3O3. The molecule has 0 bridgehead atoms. The lowest BCUT2D eigenvalue weighted by atomic mass is 10.0. The molecule has 0 fully saturated rings. The summed E-state index contributed by atoms with van der Waals surface area (Å²) in [7, 11) is 3.32. The largest absolute Gasteiger partial charge is 0.497 e. The minimum Gasteiger partial charge on any atom is -0.497 e. The lowest BCUT2D eigenvalue weighted by Crippen LogP contribution is -2.36. The van der Waals surface area contributed by atoms with Gasteiger partial charge in [0.15, 0.2) is 0 Å². The second-order valence-corrected chi connectivity index (χ2v) is 6.66. The number of amides is 2. The van der Waals surface area contributed by atoms with Gasteiger partial charge in [-0.3, -0.25) is 14.5 Å². The van der Waals surface area contributed by atoms with Gasteiger partial charge in [-0.25, -0.2) is 0 Å². The van der Waals surface area contributed by atoms with Crippen LogP contribution < -0.4 is 15.4 Å². The van der Waals surface area contributed by atoms with E-state index in [1.54, 1.807) is 31.2 Å². The summed E-state index contributed by atoms with van der Waals surface area (Å²) in [6.45, 7) is 4.38. The Morgan fingerprint density at radius 2 is 1.50 bits per heavy atom. The first kappa shape index (κ1) is 21.4. The minimum atomic E-state index is -0.188. The Bertz CT molecular complexity index is 798. The van der Waals surface area contributed by atoms with Crippen LogP contribution in [0.5, 0.6) is 5.75 Å². The molecule has 0 heterocycles. The van der Waals surface area contributed by atoms with E-state index in [2.05, 4.69) is 24.5 Å². The normalized spacial score (nSPS) is 10.6. The molecule has 28 heavy (non-hydrogen) atoms. The van der Waals surface area contributed by atoms with Gasteiger partial charge in [0, 0.05) is 17.4 Å². The van der Waals surface area contributed by atoms with E-state index in [1.165, 1.54) is 0 Å². The van der Waals surface area contributed by atoms with Crippen LogP contribution in [0, 0.1) is 0 Å². The predicted molar refractivity (Wildman–Crippen MR) is 113 cm³/mol. The number of aryl methyl sites for hydroxylation is 2. The number of anilines is 2. The number of hydrogen-bond acceptors (Lipinski definition) is 4. The zero-order valence-corrected chi connectivity index (χ0v) is 17.0. The minimum absolute atomic E-state index is 0.112. The highest BCUT2D eigenvalue weighted by atomic mass is 16.5. The van der Waals surface area contributed by atoms with Crippen molar-refractivity contribution >= 4 is 23.2 Å². The molecule has 0 atom stereocenters. The molecule has 2 aromatic rings. The quantitative estimate of drug-likeness (QED) is 0.697. The number of likely N-dealkylation sites (N-methyl/N-ethyl adjacent to an activating group) is 1. The number of carbonyl (C=O) groups is 2. The maximum Gasteiger partial charge on any atom is 0.238 e. The monoisotopic (exact) mass is 383 g/mol. The summed E-state index contributed by atoms with van der Waals surface area (Å²) in [5.41, 5.74) is 3.79. The molecule has 0 aliphatic heterocycles. The van der Waals surface area contributed by atoms with E-state index in [-0.39, 0.29) is 24.9 Å². The van der Waals surface area contributed by atoms with E-state index in [0.717, 1.165) is 29.7 Å². The number of para-hydroxylation sites is 1. The van der Waals surface area contributed by atoms with Crippen molar-refractivity contribution in [2.75, 3.05) is 37.9 Å². The molecule has 0 unspecified atom stereocenters. The van der Waals surface area contributed by atoms with Gasteiger partial charge in [-0.05, 0) is 43.1 Å². The third-order valence-corrected chi connectivity index (χ3v) is 4.44. The molecular weight excluding hydrogens is 354 g/mol. The average molecular weight is 383 g/mol. The zero-order valence-electron chi connectivity index (χ0n) is 17.0. The van der Waals surface area contributed by atoms with Crippen molar-refractivity contribution in [3.63, 3.8) is 0 Å². The Kier molecular flexibility index (Phi) is 8.02. The smallest absolute Gasteiger partial charge is 0.238 e. The van der Waals surface area contributed by atoms with Crippen LogP contribution in [-0.2, 0) is 22.4 Å². The van der Waals surface area contributed by atoms with E-state index in [4.69, 9.17) is 4.74 Å². The molecule has 0 aliphatic carbocycles. The number of nitrogens with one attached hydrogen (secondary N) is 2. The van der Waals surface area contributed by atoms with Crippen molar-refractivity contribution in [1.29, 1.82) is 0 Å². The number of nitrogens with zero attached hydrogens (tertiary/aromatic N) is 1. The first-order valence-corrected chi connectivity index (χ1v) is 9.49. The molecule has 2 N–H and O–H groups in total.